The minimum atomic E-state index is -0.210. The van der Waals surface area contributed by atoms with Gasteiger partial charge in [-0.25, -0.2) is 0 Å². The molecule has 2 heterocycles. The lowest BCUT2D eigenvalue weighted by molar-refractivity contribution is -0.116. The zero-order valence-electron chi connectivity index (χ0n) is 12.9. The summed E-state index contributed by atoms with van der Waals surface area (Å²) < 4.78 is 7.93. The fraction of sp³-hybridized carbons (Fsp3) is 0.400. The summed E-state index contributed by atoms with van der Waals surface area (Å²) in [6, 6.07) is 3.93. The standard InChI is InChI=1S/C15H20N4O2S/c1-4-11-5-6-12(21-11)7-8-14(20)16-9-13-17-18-15(22)19(13)10(2)3/h5-8,10H,4,9H2,1-3H3,(H,16,20)(H,18,22)/b8-7+. The molecule has 7 heteroatoms. The Bertz CT molecular complexity index is 724. The van der Waals surface area contributed by atoms with Crippen LogP contribution in [0.25, 0.3) is 6.08 Å². The number of H-pyrrole nitrogens is 1. The van der Waals surface area contributed by atoms with Gasteiger partial charge in [-0.1, -0.05) is 6.92 Å². The highest BCUT2D eigenvalue weighted by atomic mass is 32.1. The van der Waals surface area contributed by atoms with Crippen molar-refractivity contribution in [1.82, 2.24) is 20.1 Å². The highest BCUT2D eigenvalue weighted by molar-refractivity contribution is 7.71. The smallest absolute Gasteiger partial charge is 0.244 e. The maximum atomic E-state index is 11.8. The van der Waals surface area contributed by atoms with Crippen molar-refractivity contribution >= 4 is 24.2 Å². The molecule has 0 saturated carbocycles. The first-order valence-electron chi connectivity index (χ1n) is 7.21. The molecule has 0 spiro atoms. The predicted octanol–water partition coefficient (Wildman–Crippen LogP) is 3.01. The zero-order valence-corrected chi connectivity index (χ0v) is 13.7. The van der Waals surface area contributed by atoms with Gasteiger partial charge in [0.05, 0.1) is 6.54 Å². The van der Waals surface area contributed by atoms with Crippen molar-refractivity contribution in [1.29, 1.82) is 0 Å². The summed E-state index contributed by atoms with van der Waals surface area (Å²) in [4.78, 5) is 11.8. The van der Waals surface area contributed by atoms with E-state index in [9.17, 15) is 4.79 Å². The van der Waals surface area contributed by atoms with Crippen LogP contribution in [0.1, 0.15) is 44.2 Å². The van der Waals surface area contributed by atoms with E-state index in [0.717, 1.165) is 12.2 Å². The normalized spacial score (nSPS) is 11.5. The monoisotopic (exact) mass is 320 g/mol. The van der Waals surface area contributed by atoms with Crippen LogP contribution in [0.15, 0.2) is 22.6 Å². The van der Waals surface area contributed by atoms with Crippen molar-refractivity contribution in [2.45, 2.75) is 39.8 Å². The lowest BCUT2D eigenvalue weighted by atomic mass is 10.3. The van der Waals surface area contributed by atoms with Crippen LogP contribution in [0.3, 0.4) is 0 Å². The Morgan fingerprint density at radius 3 is 2.95 bits per heavy atom. The molecule has 0 saturated heterocycles. The lowest BCUT2D eigenvalue weighted by Crippen LogP contribution is -2.23. The third kappa shape index (κ3) is 3.94. The van der Waals surface area contributed by atoms with Crippen molar-refractivity contribution in [2.24, 2.45) is 0 Å². The Labute approximate surface area is 134 Å². The van der Waals surface area contributed by atoms with Gasteiger partial charge in [0, 0.05) is 18.5 Å². The number of amides is 1. The molecule has 0 aliphatic heterocycles. The summed E-state index contributed by atoms with van der Waals surface area (Å²) >= 11 is 5.16. The largest absolute Gasteiger partial charge is 0.462 e. The molecule has 2 N–H and O–H groups in total. The summed E-state index contributed by atoms with van der Waals surface area (Å²) in [6.07, 6.45) is 3.92. The molecule has 0 aliphatic rings. The molecule has 6 nitrogen and oxygen atoms in total. The second-order valence-corrected chi connectivity index (χ2v) is 5.50. The van der Waals surface area contributed by atoms with Gasteiger partial charge in [0.1, 0.15) is 11.5 Å². The predicted molar refractivity (Wildman–Crippen MR) is 86.8 cm³/mol. The molecule has 0 aliphatic carbocycles. The van der Waals surface area contributed by atoms with Crippen LogP contribution in [0.2, 0.25) is 0 Å². The molecule has 0 aromatic carbocycles. The minimum absolute atomic E-state index is 0.185. The Morgan fingerprint density at radius 1 is 1.55 bits per heavy atom. The maximum Gasteiger partial charge on any atom is 0.244 e. The third-order valence-corrected chi connectivity index (χ3v) is 3.43. The number of carbonyl (C=O) groups is 1. The zero-order chi connectivity index (χ0) is 16.1. The first kappa shape index (κ1) is 16.2. The molecule has 0 bridgehead atoms. The summed E-state index contributed by atoms with van der Waals surface area (Å²) in [5, 5.41) is 9.65. The molecule has 0 atom stereocenters. The molecular formula is C15H20N4O2S. The van der Waals surface area contributed by atoms with Crippen LogP contribution in [-0.4, -0.2) is 20.7 Å². The molecule has 2 aromatic rings. The van der Waals surface area contributed by atoms with E-state index in [4.69, 9.17) is 16.6 Å². The Kier molecular flexibility index (Phi) is 5.32. The fourth-order valence-corrected chi connectivity index (χ4v) is 2.41. The van der Waals surface area contributed by atoms with Crippen LogP contribution < -0.4 is 5.32 Å². The van der Waals surface area contributed by atoms with Gasteiger partial charge in [0.25, 0.3) is 0 Å². The molecule has 0 radical (unpaired) electrons. The van der Waals surface area contributed by atoms with Gasteiger partial charge in [-0.3, -0.25) is 9.89 Å². The lowest BCUT2D eigenvalue weighted by Gasteiger charge is -2.10. The van der Waals surface area contributed by atoms with Gasteiger partial charge in [0.15, 0.2) is 10.6 Å². The molecule has 2 rings (SSSR count). The molecule has 0 unspecified atom stereocenters. The highest BCUT2D eigenvalue weighted by Gasteiger charge is 2.09. The molecule has 2 aromatic heterocycles. The van der Waals surface area contributed by atoms with E-state index in [1.54, 1.807) is 6.08 Å². The van der Waals surface area contributed by atoms with Crippen molar-refractivity contribution in [3.05, 3.63) is 40.3 Å². The Hall–Kier alpha value is -2.15. The van der Waals surface area contributed by atoms with Gasteiger partial charge in [-0.2, -0.15) is 5.10 Å². The number of aromatic amines is 1. The first-order valence-corrected chi connectivity index (χ1v) is 7.62. The summed E-state index contributed by atoms with van der Waals surface area (Å²) in [6.45, 7) is 6.35. The number of rotatable bonds is 6. The van der Waals surface area contributed by atoms with Gasteiger partial charge >= 0.3 is 0 Å². The Balaban J connectivity index is 1.94. The second kappa shape index (κ2) is 7.22. The summed E-state index contributed by atoms with van der Waals surface area (Å²) in [5.41, 5.74) is 0. The number of hydrogen-bond donors (Lipinski definition) is 2. The van der Waals surface area contributed by atoms with Gasteiger partial charge in [-0.15, -0.1) is 0 Å². The highest BCUT2D eigenvalue weighted by Crippen LogP contribution is 2.10. The van der Waals surface area contributed by atoms with E-state index in [0.29, 0.717) is 22.9 Å². The van der Waals surface area contributed by atoms with E-state index in [1.807, 2.05) is 37.5 Å². The van der Waals surface area contributed by atoms with Crippen LogP contribution in [-0.2, 0) is 17.8 Å². The van der Waals surface area contributed by atoms with Gasteiger partial charge < -0.3 is 14.3 Å². The van der Waals surface area contributed by atoms with Crippen LogP contribution in [0.5, 0.6) is 0 Å². The number of aryl methyl sites for hydroxylation is 1. The topological polar surface area (TPSA) is 75.8 Å². The average Bonchev–Trinajstić information content (AvgIpc) is 3.09. The SMILES string of the molecule is CCc1ccc(/C=C/C(=O)NCc2n[nH]c(=S)n2C(C)C)o1. The van der Waals surface area contributed by atoms with E-state index in [1.165, 1.54) is 6.08 Å². The van der Waals surface area contributed by atoms with E-state index < -0.39 is 0 Å². The molecule has 118 valence electrons. The Morgan fingerprint density at radius 2 is 2.32 bits per heavy atom. The fourth-order valence-electron chi connectivity index (χ4n) is 2.05. The van der Waals surface area contributed by atoms with Crippen molar-refractivity contribution in [2.75, 3.05) is 0 Å². The number of carbonyl (C=O) groups excluding carboxylic acids is 1. The first-order chi connectivity index (χ1) is 10.5. The number of furan rings is 1. The van der Waals surface area contributed by atoms with Gasteiger partial charge in [0.2, 0.25) is 5.91 Å². The number of nitrogens with zero attached hydrogens (tertiary/aromatic N) is 2. The minimum Gasteiger partial charge on any atom is -0.462 e. The van der Waals surface area contributed by atoms with Crippen LogP contribution >= 0.6 is 12.2 Å². The molecule has 1 amide bonds. The molecular weight excluding hydrogens is 300 g/mol. The maximum absolute atomic E-state index is 11.8. The quantitative estimate of drug-likeness (QED) is 0.634. The van der Waals surface area contributed by atoms with Crippen LogP contribution in [0, 0.1) is 4.77 Å². The van der Waals surface area contributed by atoms with Gasteiger partial charge in [-0.05, 0) is 44.3 Å². The summed E-state index contributed by atoms with van der Waals surface area (Å²) in [5.74, 6) is 2.05. The van der Waals surface area contributed by atoms with E-state index >= 15 is 0 Å². The second-order valence-electron chi connectivity index (χ2n) is 5.12. The average molecular weight is 320 g/mol. The van der Waals surface area contributed by atoms with Crippen LogP contribution in [0.4, 0.5) is 0 Å². The van der Waals surface area contributed by atoms with Crippen molar-refractivity contribution in [3.8, 4) is 0 Å². The van der Waals surface area contributed by atoms with Crippen molar-refractivity contribution < 1.29 is 9.21 Å². The number of hydrogen-bond acceptors (Lipinski definition) is 4. The van der Waals surface area contributed by atoms with E-state index in [2.05, 4.69) is 15.5 Å². The molecule has 0 fully saturated rings. The number of aromatic nitrogens is 3. The third-order valence-electron chi connectivity index (χ3n) is 3.14. The molecule has 22 heavy (non-hydrogen) atoms. The summed E-state index contributed by atoms with van der Waals surface area (Å²) in [7, 11) is 0. The van der Waals surface area contributed by atoms with E-state index in [-0.39, 0.29) is 11.9 Å². The van der Waals surface area contributed by atoms with Crippen molar-refractivity contribution in [3.63, 3.8) is 0 Å². The number of nitrogens with one attached hydrogen (secondary N) is 2.